The molecule has 2 heterocycles. The Morgan fingerprint density at radius 3 is 1.36 bits per heavy atom. The molecule has 4 N–H and O–H groups in total. The number of hydrogen-bond donors (Lipinski definition) is 4. The van der Waals surface area contributed by atoms with Gasteiger partial charge in [-0.2, -0.15) is 16.8 Å². The number of rotatable bonds is 14. The Kier molecular flexibility index (Phi) is 11.0. The van der Waals surface area contributed by atoms with E-state index in [-0.39, 0.29) is 68.4 Å². The first-order valence-corrected chi connectivity index (χ1v) is 19.1. The molecule has 288 valence electrons. The van der Waals surface area contributed by atoms with Crippen LogP contribution in [0.4, 0.5) is 28.9 Å². The lowest BCUT2D eigenvalue weighted by atomic mass is 9.98. The normalized spacial score (nSPS) is 12.0. The Morgan fingerprint density at radius 1 is 0.600 bits per heavy atom. The summed E-state index contributed by atoms with van der Waals surface area (Å²) in [6.07, 6.45) is -0.402. The van der Waals surface area contributed by atoms with Crippen LogP contribution in [0.3, 0.4) is 0 Å². The van der Waals surface area contributed by atoms with Gasteiger partial charge in [0.05, 0.1) is 11.4 Å². The first kappa shape index (κ1) is 38.9. The number of alkyl halides is 2. The van der Waals surface area contributed by atoms with Gasteiger partial charge in [0.2, 0.25) is 0 Å². The standard InChI is InChI=1S/C36H30F4N4O9S2/c1-41-54(47,48)43-21-7-3-5-19(9-21)11-25-27(17-37)23-13-29(39)33(15-31(23)52-35(25)45)51-34-16-32-24(14-30(34)40)28(18-38)26(36(46)53-32)12-20-6-4-8-22(10-20)44-55(49,50)42-2/h3-10,13-16,41-44H,11-12,17-18H2,1-2H3. The molecule has 0 aliphatic carbocycles. The van der Waals surface area contributed by atoms with Crippen LogP contribution in [0.25, 0.3) is 21.9 Å². The first-order valence-electron chi connectivity index (χ1n) is 16.1. The summed E-state index contributed by atoms with van der Waals surface area (Å²) in [5.74, 6) is -3.50. The van der Waals surface area contributed by atoms with E-state index in [1.165, 1.54) is 50.5 Å². The topological polar surface area (TPSA) is 186 Å². The van der Waals surface area contributed by atoms with Crippen LogP contribution in [-0.4, -0.2) is 30.9 Å². The van der Waals surface area contributed by atoms with Crippen LogP contribution in [0.5, 0.6) is 11.5 Å². The van der Waals surface area contributed by atoms with Gasteiger partial charge in [0.15, 0.2) is 23.1 Å². The Morgan fingerprint density at radius 2 is 1.00 bits per heavy atom. The number of halogens is 4. The van der Waals surface area contributed by atoms with E-state index in [2.05, 4.69) is 18.9 Å². The maximum atomic E-state index is 15.5. The third-order valence-electron chi connectivity index (χ3n) is 8.49. The lowest BCUT2D eigenvalue weighted by molar-refractivity contribution is 0.412. The summed E-state index contributed by atoms with van der Waals surface area (Å²) in [4.78, 5) is 26.2. The molecule has 19 heteroatoms. The second-order valence-electron chi connectivity index (χ2n) is 12.0. The molecule has 0 aliphatic heterocycles. The molecular weight excluding hydrogens is 773 g/mol. The summed E-state index contributed by atoms with van der Waals surface area (Å²) in [6.45, 7) is -2.41. The highest BCUT2D eigenvalue weighted by Crippen LogP contribution is 2.36. The Balaban J connectivity index is 1.31. The van der Waals surface area contributed by atoms with Crippen LogP contribution in [0, 0.1) is 11.6 Å². The lowest BCUT2D eigenvalue weighted by Gasteiger charge is -2.14. The van der Waals surface area contributed by atoms with Gasteiger partial charge in [-0.1, -0.05) is 24.3 Å². The minimum Gasteiger partial charge on any atom is -0.451 e. The second-order valence-corrected chi connectivity index (χ2v) is 15.2. The third-order valence-corrected chi connectivity index (χ3v) is 10.6. The quantitative estimate of drug-likeness (QED) is 0.0776. The zero-order valence-corrected chi connectivity index (χ0v) is 30.4. The van der Waals surface area contributed by atoms with Crippen molar-refractivity contribution in [2.45, 2.75) is 26.2 Å². The van der Waals surface area contributed by atoms with Crippen molar-refractivity contribution in [1.82, 2.24) is 9.44 Å². The summed E-state index contributed by atoms with van der Waals surface area (Å²) in [6, 6.07) is 15.5. The SMILES string of the molecule is CNS(=O)(=O)Nc1cccc(Cc2c(CF)c3cc(F)c(Oc4cc5oc(=O)c(Cc6cccc(NS(=O)(=O)NC)c6)c(CF)c5cc4F)cc3oc2=O)c1. The smallest absolute Gasteiger partial charge is 0.340 e. The predicted octanol–water partition coefficient (Wildman–Crippen LogP) is 5.84. The molecule has 6 rings (SSSR count). The van der Waals surface area contributed by atoms with Crippen molar-refractivity contribution in [1.29, 1.82) is 0 Å². The second kappa shape index (κ2) is 15.5. The number of benzene rings is 4. The van der Waals surface area contributed by atoms with E-state index in [4.69, 9.17) is 13.6 Å². The molecule has 0 atom stereocenters. The number of anilines is 2. The molecule has 55 heavy (non-hydrogen) atoms. The number of ether oxygens (including phenoxy) is 1. The molecule has 0 saturated carbocycles. The van der Waals surface area contributed by atoms with Gasteiger partial charge in [0.1, 0.15) is 24.5 Å². The van der Waals surface area contributed by atoms with Crippen LogP contribution < -0.4 is 34.9 Å². The van der Waals surface area contributed by atoms with E-state index in [0.29, 0.717) is 11.1 Å². The van der Waals surface area contributed by atoms with Crippen LogP contribution in [-0.2, 0) is 46.6 Å². The molecular formula is C36H30F4N4O9S2. The van der Waals surface area contributed by atoms with Crippen LogP contribution in [0.1, 0.15) is 33.4 Å². The number of fused-ring (bicyclic) bond motifs is 2. The van der Waals surface area contributed by atoms with Gasteiger partial charge in [0, 0.05) is 72.1 Å². The van der Waals surface area contributed by atoms with E-state index >= 15 is 8.78 Å². The molecule has 13 nitrogen and oxygen atoms in total. The molecule has 0 fully saturated rings. The van der Waals surface area contributed by atoms with E-state index in [1.54, 1.807) is 12.1 Å². The van der Waals surface area contributed by atoms with Gasteiger partial charge in [0.25, 0.3) is 20.4 Å². The van der Waals surface area contributed by atoms with Crippen molar-refractivity contribution in [2.24, 2.45) is 0 Å². The highest BCUT2D eigenvalue weighted by Gasteiger charge is 2.22. The van der Waals surface area contributed by atoms with Gasteiger partial charge >= 0.3 is 11.3 Å². The van der Waals surface area contributed by atoms with Crippen molar-refractivity contribution in [2.75, 3.05) is 23.5 Å². The first-order chi connectivity index (χ1) is 26.1. The fourth-order valence-electron chi connectivity index (χ4n) is 5.85. The molecule has 0 radical (unpaired) electrons. The molecule has 0 unspecified atom stereocenters. The maximum absolute atomic E-state index is 15.5. The fraction of sp³-hybridized carbons (Fsp3) is 0.167. The van der Waals surface area contributed by atoms with Gasteiger partial charge in [-0.15, -0.1) is 0 Å². The van der Waals surface area contributed by atoms with E-state index in [0.717, 1.165) is 24.3 Å². The van der Waals surface area contributed by atoms with Crippen molar-refractivity contribution in [3.63, 3.8) is 0 Å². The average Bonchev–Trinajstić information content (AvgIpc) is 3.13. The third kappa shape index (κ3) is 8.49. The summed E-state index contributed by atoms with van der Waals surface area (Å²) < 4.78 is 133. The van der Waals surface area contributed by atoms with Crippen molar-refractivity contribution in [3.8, 4) is 11.5 Å². The monoisotopic (exact) mass is 802 g/mol. The largest absolute Gasteiger partial charge is 0.451 e. The van der Waals surface area contributed by atoms with Crippen molar-refractivity contribution in [3.05, 3.63) is 139 Å². The van der Waals surface area contributed by atoms with Crippen molar-refractivity contribution < 1.29 is 48.0 Å². The van der Waals surface area contributed by atoms with Crippen LogP contribution in [0.15, 0.2) is 91.2 Å². The average molecular weight is 803 g/mol. The summed E-state index contributed by atoms with van der Waals surface area (Å²) >= 11 is 0. The fourth-order valence-corrected chi connectivity index (χ4v) is 6.93. The van der Waals surface area contributed by atoms with E-state index in [9.17, 15) is 35.2 Å². The Hall–Kier alpha value is -5.76. The van der Waals surface area contributed by atoms with Gasteiger partial charge < -0.3 is 13.6 Å². The molecule has 0 spiro atoms. The minimum atomic E-state index is -3.85. The zero-order chi connectivity index (χ0) is 39.7. The predicted molar refractivity (Wildman–Crippen MR) is 196 cm³/mol. The molecule has 0 saturated heterocycles. The molecule has 0 bridgehead atoms. The summed E-state index contributed by atoms with van der Waals surface area (Å²) in [5, 5.41) is -0.242. The van der Waals surface area contributed by atoms with Gasteiger partial charge in [-0.3, -0.25) is 9.44 Å². The highest BCUT2D eigenvalue weighted by molar-refractivity contribution is 7.91. The number of nitrogens with one attached hydrogen (secondary N) is 4. The van der Waals surface area contributed by atoms with Crippen LogP contribution in [0.2, 0.25) is 0 Å². The minimum absolute atomic E-state index is 0.121. The molecule has 4 aromatic carbocycles. The summed E-state index contributed by atoms with van der Waals surface area (Å²) in [7, 11) is -5.28. The molecule has 0 amide bonds. The highest BCUT2D eigenvalue weighted by atomic mass is 32.2. The molecule has 0 aliphatic rings. The summed E-state index contributed by atoms with van der Waals surface area (Å²) in [5.41, 5.74) is -2.11. The van der Waals surface area contributed by atoms with Gasteiger partial charge in [-0.25, -0.2) is 36.6 Å². The van der Waals surface area contributed by atoms with Crippen molar-refractivity contribution >= 4 is 53.7 Å². The van der Waals surface area contributed by atoms with E-state index in [1.807, 2.05) is 0 Å². The van der Waals surface area contributed by atoms with E-state index < -0.39 is 68.2 Å². The number of hydrogen-bond acceptors (Lipinski definition) is 9. The lowest BCUT2D eigenvalue weighted by Crippen LogP contribution is -2.26. The van der Waals surface area contributed by atoms with Gasteiger partial charge in [-0.05, 0) is 47.5 Å². The Labute approximate surface area is 310 Å². The molecule has 6 aromatic rings. The molecule has 2 aromatic heterocycles. The zero-order valence-electron chi connectivity index (χ0n) is 28.8. The Bertz CT molecular complexity index is 2620. The van der Waals surface area contributed by atoms with Crippen LogP contribution >= 0.6 is 0 Å². The maximum Gasteiger partial charge on any atom is 0.340 e.